The van der Waals surface area contributed by atoms with E-state index in [9.17, 15) is 5.11 Å². The summed E-state index contributed by atoms with van der Waals surface area (Å²) in [4.78, 5) is 2.23. The zero-order valence-corrected chi connectivity index (χ0v) is 17.3. The second-order valence-electron chi connectivity index (χ2n) is 8.58. The first-order chi connectivity index (χ1) is 14.0. The van der Waals surface area contributed by atoms with Gasteiger partial charge < -0.3 is 19.3 Å². The van der Waals surface area contributed by atoms with Crippen LogP contribution in [0.4, 0.5) is 0 Å². The molecule has 0 aromatic heterocycles. The van der Waals surface area contributed by atoms with Crippen LogP contribution in [0.3, 0.4) is 0 Å². The van der Waals surface area contributed by atoms with Gasteiger partial charge in [-0.25, -0.2) is 0 Å². The van der Waals surface area contributed by atoms with Gasteiger partial charge in [-0.15, -0.1) is 0 Å². The summed E-state index contributed by atoms with van der Waals surface area (Å²) in [5.41, 5.74) is 2.22. The van der Waals surface area contributed by atoms with E-state index in [4.69, 9.17) is 14.2 Å². The van der Waals surface area contributed by atoms with Crippen LogP contribution in [-0.4, -0.2) is 47.9 Å². The van der Waals surface area contributed by atoms with Crippen LogP contribution < -0.4 is 0 Å². The highest BCUT2D eigenvalue weighted by molar-refractivity contribution is 5.18. The molecule has 2 aromatic rings. The van der Waals surface area contributed by atoms with Crippen molar-refractivity contribution in [3.8, 4) is 0 Å². The highest BCUT2D eigenvalue weighted by atomic mass is 16.9. The third-order valence-corrected chi connectivity index (χ3v) is 5.86. The van der Waals surface area contributed by atoms with Gasteiger partial charge in [0.15, 0.2) is 0 Å². The molecule has 3 aliphatic rings. The van der Waals surface area contributed by atoms with Crippen LogP contribution >= 0.6 is 0 Å². The predicted molar refractivity (Wildman–Crippen MR) is 111 cm³/mol. The molecule has 2 aromatic carbocycles. The lowest BCUT2D eigenvalue weighted by Gasteiger charge is -2.55. The molecule has 5 heteroatoms. The zero-order chi connectivity index (χ0) is 20.3. The van der Waals surface area contributed by atoms with Crippen molar-refractivity contribution < 1.29 is 19.3 Å². The van der Waals surface area contributed by atoms with Crippen LogP contribution in [-0.2, 0) is 27.3 Å². The summed E-state index contributed by atoms with van der Waals surface area (Å²) < 4.78 is 18.5. The molecule has 2 bridgehead atoms. The van der Waals surface area contributed by atoms with Gasteiger partial charge in [0.25, 0.3) is 0 Å². The summed E-state index contributed by atoms with van der Waals surface area (Å²) in [6.07, 6.45) is -0.0651. The summed E-state index contributed by atoms with van der Waals surface area (Å²) >= 11 is 0. The van der Waals surface area contributed by atoms with Crippen molar-refractivity contribution in [1.82, 2.24) is 4.90 Å². The minimum Gasteiger partial charge on any atom is -0.391 e. The maximum absolute atomic E-state index is 11.1. The van der Waals surface area contributed by atoms with Crippen molar-refractivity contribution in [3.63, 3.8) is 0 Å². The Morgan fingerprint density at radius 1 is 0.862 bits per heavy atom. The van der Waals surface area contributed by atoms with Crippen LogP contribution in [0, 0.1) is 5.41 Å². The average Bonchev–Trinajstić information content (AvgIpc) is 2.76. The summed E-state index contributed by atoms with van der Waals surface area (Å²) in [5.74, 6) is -1.24. The van der Waals surface area contributed by atoms with E-state index in [0.29, 0.717) is 39.3 Å². The molecule has 0 amide bonds. The molecule has 3 saturated heterocycles. The smallest absolute Gasteiger partial charge is 0.302 e. The first-order valence-electron chi connectivity index (χ1n) is 10.5. The maximum atomic E-state index is 11.1. The molecule has 0 saturated carbocycles. The molecule has 3 heterocycles. The van der Waals surface area contributed by atoms with Crippen molar-refractivity contribution in [1.29, 1.82) is 0 Å². The standard InChI is InChI=1S/C24H31NO4/c1-3-21(26)22(24-27-16-23(2,17-28-24)18-29-24)25(14-19-10-6-4-7-11-19)15-20-12-8-5-9-13-20/h4-13,21-22,26H,3,14-18H2,1-2H3/t21-,22-,23?,24?/m0/s1. The Morgan fingerprint density at radius 3 is 1.72 bits per heavy atom. The normalized spacial score (nSPS) is 28.4. The van der Waals surface area contributed by atoms with Gasteiger partial charge in [-0.2, -0.15) is 0 Å². The van der Waals surface area contributed by atoms with Crippen molar-refractivity contribution >= 4 is 0 Å². The maximum Gasteiger partial charge on any atom is 0.302 e. The topological polar surface area (TPSA) is 51.2 Å². The minimum absolute atomic E-state index is 0.118. The number of aliphatic hydroxyl groups is 1. The predicted octanol–water partition coefficient (Wildman–Crippen LogP) is 3.57. The molecule has 0 unspecified atom stereocenters. The molecule has 0 spiro atoms. The Hall–Kier alpha value is -1.76. The number of rotatable bonds is 8. The number of hydrogen-bond acceptors (Lipinski definition) is 5. The fraction of sp³-hybridized carbons (Fsp3) is 0.500. The molecule has 5 rings (SSSR count). The van der Waals surface area contributed by atoms with Gasteiger partial charge in [0.1, 0.15) is 6.04 Å². The summed E-state index contributed by atoms with van der Waals surface area (Å²) in [6.45, 7) is 7.12. The lowest BCUT2D eigenvalue weighted by molar-refractivity contribution is -0.487. The Kier molecular flexibility index (Phi) is 6.04. The average molecular weight is 398 g/mol. The monoisotopic (exact) mass is 397 g/mol. The minimum atomic E-state index is -1.24. The molecule has 5 nitrogen and oxygen atoms in total. The number of fused-ring (bicyclic) bond motifs is 3. The zero-order valence-electron chi connectivity index (χ0n) is 17.3. The first-order valence-corrected chi connectivity index (χ1v) is 10.5. The molecule has 2 atom stereocenters. The van der Waals surface area contributed by atoms with Crippen LogP contribution in [0.5, 0.6) is 0 Å². The number of hydrogen-bond donors (Lipinski definition) is 1. The van der Waals surface area contributed by atoms with Gasteiger partial charge in [0.2, 0.25) is 0 Å². The number of nitrogens with zero attached hydrogens (tertiary/aromatic N) is 1. The van der Waals surface area contributed by atoms with E-state index in [1.54, 1.807) is 0 Å². The molecule has 3 fully saturated rings. The Morgan fingerprint density at radius 2 is 1.31 bits per heavy atom. The Balaban J connectivity index is 1.68. The van der Waals surface area contributed by atoms with Crippen molar-refractivity contribution in [2.75, 3.05) is 19.8 Å². The lowest BCUT2D eigenvalue weighted by atomic mass is 9.90. The van der Waals surface area contributed by atoms with Crippen LogP contribution in [0.2, 0.25) is 0 Å². The van der Waals surface area contributed by atoms with Crippen molar-refractivity contribution in [2.24, 2.45) is 5.41 Å². The largest absolute Gasteiger partial charge is 0.391 e. The third-order valence-electron chi connectivity index (χ3n) is 5.86. The highest BCUT2D eigenvalue weighted by Crippen LogP contribution is 2.43. The van der Waals surface area contributed by atoms with E-state index in [2.05, 4.69) is 36.1 Å². The van der Waals surface area contributed by atoms with Gasteiger partial charge in [-0.1, -0.05) is 74.5 Å². The number of benzene rings is 2. The van der Waals surface area contributed by atoms with E-state index in [1.807, 2.05) is 43.3 Å². The van der Waals surface area contributed by atoms with Gasteiger partial charge in [0, 0.05) is 18.5 Å². The second-order valence-corrected chi connectivity index (χ2v) is 8.58. The fourth-order valence-corrected chi connectivity index (χ4v) is 4.14. The van der Waals surface area contributed by atoms with E-state index >= 15 is 0 Å². The quantitative estimate of drug-likeness (QED) is 0.738. The van der Waals surface area contributed by atoms with Gasteiger partial charge in [-0.05, 0) is 17.5 Å². The van der Waals surface area contributed by atoms with E-state index in [0.717, 1.165) is 0 Å². The lowest BCUT2D eigenvalue weighted by Crippen LogP contribution is -2.69. The van der Waals surface area contributed by atoms with Gasteiger partial charge in [-0.3, -0.25) is 4.90 Å². The van der Waals surface area contributed by atoms with Crippen LogP contribution in [0.25, 0.3) is 0 Å². The van der Waals surface area contributed by atoms with Crippen molar-refractivity contribution in [2.45, 2.75) is 51.5 Å². The first kappa shape index (κ1) is 20.5. The fourth-order valence-electron chi connectivity index (χ4n) is 4.14. The third kappa shape index (κ3) is 4.39. The molecule has 0 aliphatic carbocycles. The van der Waals surface area contributed by atoms with Crippen molar-refractivity contribution in [3.05, 3.63) is 71.8 Å². The van der Waals surface area contributed by atoms with Gasteiger partial charge in [0.05, 0.1) is 25.9 Å². The Bertz CT molecular complexity index is 716. The molecule has 29 heavy (non-hydrogen) atoms. The summed E-state index contributed by atoms with van der Waals surface area (Å²) in [6, 6.07) is 20.1. The Labute approximate surface area is 173 Å². The molecular formula is C24H31NO4. The molecule has 156 valence electrons. The van der Waals surface area contributed by atoms with Gasteiger partial charge >= 0.3 is 5.97 Å². The number of ether oxygens (including phenoxy) is 3. The molecular weight excluding hydrogens is 366 g/mol. The van der Waals surface area contributed by atoms with Crippen LogP contribution in [0.1, 0.15) is 31.4 Å². The van der Waals surface area contributed by atoms with E-state index in [1.165, 1.54) is 11.1 Å². The molecule has 3 aliphatic heterocycles. The summed E-state index contributed by atoms with van der Waals surface area (Å²) in [5, 5.41) is 11.1. The number of aliphatic hydroxyl groups excluding tert-OH is 1. The highest BCUT2D eigenvalue weighted by Gasteiger charge is 2.58. The van der Waals surface area contributed by atoms with Crippen LogP contribution in [0.15, 0.2) is 60.7 Å². The molecule has 0 radical (unpaired) electrons. The second kappa shape index (κ2) is 8.54. The summed E-state index contributed by atoms with van der Waals surface area (Å²) in [7, 11) is 0. The van der Waals surface area contributed by atoms with E-state index < -0.39 is 18.1 Å². The van der Waals surface area contributed by atoms with E-state index in [-0.39, 0.29) is 5.41 Å². The molecule has 1 N–H and O–H groups in total. The SMILES string of the molecule is CC[C@H](O)[C@H](N(Cc1ccccc1)Cc1ccccc1)C12OCC(C)(CO1)CO2.